The molecule has 3 nitrogen and oxygen atoms in total. The molecule has 0 radical (unpaired) electrons. The fourth-order valence-electron chi connectivity index (χ4n) is 1.40. The van der Waals surface area contributed by atoms with E-state index in [0.717, 1.165) is 25.1 Å². The Morgan fingerprint density at radius 2 is 1.88 bits per heavy atom. The summed E-state index contributed by atoms with van der Waals surface area (Å²) in [5.74, 6) is 0. The Balaban J connectivity index is 2.52. The number of benzene rings is 1. The Kier molecular flexibility index (Phi) is 5.28. The minimum atomic E-state index is -3.11. The van der Waals surface area contributed by atoms with Crippen molar-refractivity contribution >= 4 is 27.1 Å². The molecule has 0 spiro atoms. The largest absolute Gasteiger partial charge is 0.385 e. The number of sulfone groups is 1. The van der Waals surface area contributed by atoms with E-state index >= 15 is 0 Å². The third kappa shape index (κ3) is 4.96. The van der Waals surface area contributed by atoms with Gasteiger partial charge in [0.1, 0.15) is 0 Å². The molecule has 1 N–H and O–H groups in total. The molecule has 0 aliphatic carbocycles. The number of halogens is 1. The van der Waals surface area contributed by atoms with E-state index < -0.39 is 9.84 Å². The Hall–Kier alpha value is -0.740. The van der Waals surface area contributed by atoms with Gasteiger partial charge in [0.2, 0.25) is 0 Å². The molecule has 0 amide bonds. The highest BCUT2D eigenvalue weighted by molar-refractivity contribution is 7.90. The topological polar surface area (TPSA) is 46.2 Å². The van der Waals surface area contributed by atoms with Gasteiger partial charge in [-0.25, -0.2) is 8.42 Å². The van der Waals surface area contributed by atoms with Crippen LogP contribution in [0.4, 0.5) is 5.69 Å². The molecule has 0 saturated heterocycles. The minimum Gasteiger partial charge on any atom is -0.385 e. The summed E-state index contributed by atoms with van der Waals surface area (Å²) in [5, 5.41) is 3.40. The quantitative estimate of drug-likeness (QED) is 0.812. The SMILES string of the molecule is CCC(Cl)CCNc1ccc(S(C)(=O)=O)cc1. The van der Waals surface area contributed by atoms with Gasteiger partial charge >= 0.3 is 0 Å². The van der Waals surface area contributed by atoms with Gasteiger partial charge in [0.15, 0.2) is 9.84 Å². The molecule has 1 aromatic rings. The number of nitrogens with one attached hydrogen (secondary N) is 1. The van der Waals surface area contributed by atoms with Crippen LogP contribution in [0.5, 0.6) is 0 Å². The van der Waals surface area contributed by atoms with Crippen LogP contribution in [-0.2, 0) is 9.84 Å². The van der Waals surface area contributed by atoms with Crippen LogP contribution in [0.2, 0.25) is 0 Å². The van der Waals surface area contributed by atoms with Crippen molar-refractivity contribution in [2.75, 3.05) is 18.1 Å². The summed E-state index contributed by atoms with van der Waals surface area (Å²) in [6, 6.07) is 6.75. The molecular formula is C12H18ClNO2S. The first-order valence-electron chi connectivity index (χ1n) is 5.61. The molecule has 0 saturated carbocycles. The van der Waals surface area contributed by atoms with Gasteiger partial charge in [0, 0.05) is 23.9 Å². The van der Waals surface area contributed by atoms with E-state index in [1.54, 1.807) is 24.3 Å². The Bertz CT molecular complexity index is 442. The first-order valence-corrected chi connectivity index (χ1v) is 7.94. The maximum Gasteiger partial charge on any atom is 0.175 e. The molecule has 0 bridgehead atoms. The predicted octanol–water partition coefficient (Wildman–Crippen LogP) is 2.91. The molecular weight excluding hydrogens is 258 g/mol. The van der Waals surface area contributed by atoms with E-state index in [4.69, 9.17) is 11.6 Å². The Morgan fingerprint density at radius 1 is 1.29 bits per heavy atom. The van der Waals surface area contributed by atoms with Gasteiger partial charge in [-0.05, 0) is 37.1 Å². The number of hydrogen-bond acceptors (Lipinski definition) is 3. The molecule has 0 aliphatic rings. The van der Waals surface area contributed by atoms with Crippen molar-refractivity contribution in [3.8, 4) is 0 Å². The molecule has 17 heavy (non-hydrogen) atoms. The third-order valence-corrected chi connectivity index (χ3v) is 4.17. The van der Waals surface area contributed by atoms with Crippen molar-refractivity contribution in [3.05, 3.63) is 24.3 Å². The molecule has 0 heterocycles. The summed E-state index contributed by atoms with van der Waals surface area (Å²) >= 11 is 6.00. The van der Waals surface area contributed by atoms with Crippen molar-refractivity contribution < 1.29 is 8.42 Å². The van der Waals surface area contributed by atoms with Gasteiger partial charge in [0.05, 0.1) is 4.90 Å². The zero-order valence-electron chi connectivity index (χ0n) is 10.1. The lowest BCUT2D eigenvalue weighted by Gasteiger charge is -2.09. The van der Waals surface area contributed by atoms with Gasteiger partial charge in [-0.15, -0.1) is 11.6 Å². The summed E-state index contributed by atoms with van der Waals surface area (Å²) in [6.07, 6.45) is 3.05. The molecule has 5 heteroatoms. The lowest BCUT2D eigenvalue weighted by atomic mass is 10.2. The molecule has 1 atom stereocenters. The maximum absolute atomic E-state index is 11.2. The van der Waals surface area contributed by atoms with Crippen LogP contribution in [0.3, 0.4) is 0 Å². The van der Waals surface area contributed by atoms with Crippen LogP contribution in [-0.4, -0.2) is 26.6 Å². The van der Waals surface area contributed by atoms with Crippen LogP contribution in [0, 0.1) is 0 Å². The molecule has 0 aliphatic heterocycles. The zero-order valence-corrected chi connectivity index (χ0v) is 11.7. The zero-order chi connectivity index (χ0) is 12.9. The van der Waals surface area contributed by atoms with Crippen molar-refractivity contribution in [1.29, 1.82) is 0 Å². The molecule has 0 aromatic heterocycles. The molecule has 1 rings (SSSR count). The molecule has 1 aromatic carbocycles. The smallest absolute Gasteiger partial charge is 0.175 e. The van der Waals surface area contributed by atoms with Crippen LogP contribution in [0.1, 0.15) is 19.8 Å². The average Bonchev–Trinajstić information content (AvgIpc) is 2.28. The summed E-state index contributed by atoms with van der Waals surface area (Å²) in [7, 11) is -3.11. The Morgan fingerprint density at radius 3 is 2.35 bits per heavy atom. The Labute approximate surface area is 108 Å². The number of alkyl halides is 1. The second-order valence-electron chi connectivity index (χ2n) is 4.02. The first-order chi connectivity index (χ1) is 7.93. The van der Waals surface area contributed by atoms with Gasteiger partial charge in [-0.2, -0.15) is 0 Å². The standard InChI is InChI=1S/C12H18ClNO2S/c1-3-10(13)8-9-14-11-4-6-12(7-5-11)17(2,15)16/h4-7,10,14H,3,8-9H2,1-2H3. The average molecular weight is 276 g/mol. The van der Waals surface area contributed by atoms with Crippen LogP contribution in [0.15, 0.2) is 29.2 Å². The fraction of sp³-hybridized carbons (Fsp3) is 0.500. The van der Waals surface area contributed by atoms with E-state index in [1.807, 2.05) is 0 Å². The van der Waals surface area contributed by atoms with E-state index in [0.29, 0.717) is 4.90 Å². The highest BCUT2D eigenvalue weighted by Crippen LogP contribution is 2.14. The summed E-state index contributed by atoms with van der Waals surface area (Å²) in [6.45, 7) is 2.85. The maximum atomic E-state index is 11.2. The molecule has 0 fully saturated rings. The minimum absolute atomic E-state index is 0.192. The van der Waals surface area contributed by atoms with Gasteiger partial charge < -0.3 is 5.32 Å². The number of anilines is 1. The fourth-order valence-corrected chi connectivity index (χ4v) is 2.14. The first kappa shape index (κ1) is 14.3. The third-order valence-electron chi connectivity index (χ3n) is 2.51. The second-order valence-corrected chi connectivity index (χ2v) is 6.65. The second kappa shape index (κ2) is 6.26. The normalized spacial score (nSPS) is 13.4. The van der Waals surface area contributed by atoms with Crippen molar-refractivity contribution in [3.63, 3.8) is 0 Å². The molecule has 96 valence electrons. The summed E-state index contributed by atoms with van der Waals surface area (Å²) in [5.41, 5.74) is 0.914. The predicted molar refractivity (Wildman–Crippen MR) is 72.6 cm³/mol. The van der Waals surface area contributed by atoms with Gasteiger partial charge in [-0.1, -0.05) is 6.92 Å². The van der Waals surface area contributed by atoms with E-state index in [2.05, 4.69) is 12.2 Å². The van der Waals surface area contributed by atoms with E-state index in [-0.39, 0.29) is 5.38 Å². The summed E-state index contributed by atoms with van der Waals surface area (Å²) < 4.78 is 22.5. The van der Waals surface area contributed by atoms with Crippen LogP contribution >= 0.6 is 11.6 Å². The monoisotopic (exact) mass is 275 g/mol. The highest BCUT2D eigenvalue weighted by Gasteiger charge is 2.06. The van der Waals surface area contributed by atoms with Crippen molar-refractivity contribution in [1.82, 2.24) is 0 Å². The summed E-state index contributed by atoms with van der Waals surface area (Å²) in [4.78, 5) is 0.340. The van der Waals surface area contributed by atoms with Crippen molar-refractivity contribution in [2.45, 2.75) is 30.0 Å². The van der Waals surface area contributed by atoms with Crippen LogP contribution < -0.4 is 5.32 Å². The molecule has 1 unspecified atom stereocenters. The van der Waals surface area contributed by atoms with Gasteiger partial charge in [0.25, 0.3) is 0 Å². The number of hydrogen-bond donors (Lipinski definition) is 1. The van der Waals surface area contributed by atoms with Crippen molar-refractivity contribution in [2.24, 2.45) is 0 Å². The van der Waals surface area contributed by atoms with E-state index in [1.165, 1.54) is 6.26 Å². The van der Waals surface area contributed by atoms with E-state index in [9.17, 15) is 8.42 Å². The lowest BCUT2D eigenvalue weighted by molar-refractivity contribution is 0.602. The van der Waals surface area contributed by atoms with Crippen LogP contribution in [0.25, 0.3) is 0 Å². The lowest BCUT2D eigenvalue weighted by Crippen LogP contribution is -2.08. The highest BCUT2D eigenvalue weighted by atomic mass is 35.5. The number of rotatable bonds is 6. The van der Waals surface area contributed by atoms with Gasteiger partial charge in [-0.3, -0.25) is 0 Å².